The highest BCUT2D eigenvalue weighted by atomic mass is 16.1. The molecule has 13 heavy (non-hydrogen) atoms. The lowest BCUT2D eigenvalue weighted by atomic mass is 9.65. The highest BCUT2D eigenvalue weighted by Gasteiger charge is 2.42. The zero-order valence-corrected chi connectivity index (χ0v) is 8.68. The molecule has 0 bridgehead atoms. The summed E-state index contributed by atoms with van der Waals surface area (Å²) in [5.74, 6) is -0.835. The molecule has 0 aliphatic heterocycles. The lowest BCUT2D eigenvalue weighted by Crippen LogP contribution is -2.45. The van der Waals surface area contributed by atoms with Gasteiger partial charge in [-0.3, -0.25) is 9.59 Å². The molecule has 0 aromatic carbocycles. The predicted molar refractivity (Wildman–Crippen MR) is 50.6 cm³/mol. The largest absolute Gasteiger partial charge is 0.370 e. The van der Waals surface area contributed by atoms with Crippen molar-refractivity contribution in [3.8, 4) is 0 Å². The first kappa shape index (κ1) is 11.9. The number of hydrogen-bond acceptors (Lipinski definition) is 2. The lowest BCUT2D eigenvalue weighted by molar-refractivity contribution is -0.134. The summed E-state index contributed by atoms with van der Waals surface area (Å²) in [5.41, 5.74) is 9.08. The molecule has 2 amide bonds. The van der Waals surface area contributed by atoms with Crippen LogP contribution in [0.3, 0.4) is 0 Å². The van der Waals surface area contributed by atoms with E-state index in [9.17, 15) is 9.59 Å². The van der Waals surface area contributed by atoms with Crippen molar-refractivity contribution in [2.24, 2.45) is 22.3 Å². The third-order valence-electron chi connectivity index (χ3n) is 2.92. The van der Waals surface area contributed by atoms with E-state index in [4.69, 9.17) is 11.5 Å². The van der Waals surface area contributed by atoms with Gasteiger partial charge in [0.05, 0.1) is 0 Å². The molecule has 0 saturated carbocycles. The molecule has 0 heterocycles. The van der Waals surface area contributed by atoms with Crippen LogP contribution in [-0.4, -0.2) is 11.8 Å². The van der Waals surface area contributed by atoms with Crippen LogP contribution in [0.5, 0.6) is 0 Å². The van der Waals surface area contributed by atoms with Gasteiger partial charge < -0.3 is 11.5 Å². The minimum atomic E-state index is -0.734. The summed E-state index contributed by atoms with van der Waals surface area (Å²) in [7, 11) is 0. The Morgan fingerprint density at radius 2 is 1.46 bits per heavy atom. The minimum absolute atomic E-state index is 0.156. The fraction of sp³-hybridized carbons (Fsp3) is 0.778. The van der Waals surface area contributed by atoms with E-state index in [1.165, 1.54) is 0 Å². The molecule has 0 saturated heterocycles. The minimum Gasteiger partial charge on any atom is -0.370 e. The maximum Gasteiger partial charge on any atom is 0.223 e. The average molecular weight is 186 g/mol. The van der Waals surface area contributed by atoms with Crippen LogP contribution in [0.15, 0.2) is 0 Å². The van der Waals surface area contributed by atoms with E-state index in [-0.39, 0.29) is 6.42 Å². The summed E-state index contributed by atoms with van der Waals surface area (Å²) in [6.07, 6.45) is 0.156. The monoisotopic (exact) mass is 186 g/mol. The Kier molecular flexibility index (Phi) is 3.08. The Morgan fingerprint density at radius 1 is 1.08 bits per heavy atom. The Morgan fingerprint density at radius 3 is 1.69 bits per heavy atom. The summed E-state index contributed by atoms with van der Waals surface area (Å²) >= 11 is 0. The van der Waals surface area contributed by atoms with Crippen molar-refractivity contribution >= 4 is 11.8 Å². The first-order valence-electron chi connectivity index (χ1n) is 4.19. The second-order valence-corrected chi connectivity index (χ2v) is 4.52. The molecule has 76 valence electrons. The molecule has 0 radical (unpaired) electrons. The highest BCUT2D eigenvalue weighted by molar-refractivity contribution is 5.82. The SMILES string of the molecule is CC(C)(CC(N)=O)C(C)(C)C(N)=O. The topological polar surface area (TPSA) is 86.2 Å². The fourth-order valence-corrected chi connectivity index (χ4v) is 0.990. The Hall–Kier alpha value is -1.06. The summed E-state index contributed by atoms with van der Waals surface area (Å²) in [5, 5.41) is 0. The maximum absolute atomic E-state index is 11.1. The molecule has 0 unspecified atom stereocenters. The number of nitrogens with two attached hydrogens (primary N) is 2. The average Bonchev–Trinajstić information content (AvgIpc) is 1.83. The third-order valence-corrected chi connectivity index (χ3v) is 2.92. The maximum atomic E-state index is 11.1. The van der Waals surface area contributed by atoms with Crippen LogP contribution in [0, 0.1) is 10.8 Å². The van der Waals surface area contributed by atoms with Crippen molar-refractivity contribution in [3.63, 3.8) is 0 Å². The standard InChI is InChI=1S/C9H18N2O2/c1-8(2,5-6(10)12)9(3,4)7(11)13/h5H2,1-4H3,(H2,10,12)(H2,11,13). The normalized spacial score (nSPS) is 12.6. The Labute approximate surface area is 78.7 Å². The van der Waals surface area contributed by atoms with Gasteiger partial charge in [-0.05, 0) is 5.41 Å². The molecule has 0 aromatic rings. The molecule has 0 aliphatic rings. The second-order valence-electron chi connectivity index (χ2n) is 4.52. The molecule has 0 atom stereocenters. The zero-order chi connectivity index (χ0) is 10.9. The van der Waals surface area contributed by atoms with E-state index in [1.807, 2.05) is 13.8 Å². The molecule has 4 heteroatoms. The zero-order valence-electron chi connectivity index (χ0n) is 8.68. The third kappa shape index (κ3) is 2.44. The van der Waals surface area contributed by atoms with E-state index in [2.05, 4.69) is 0 Å². The number of rotatable bonds is 4. The summed E-state index contributed by atoms with van der Waals surface area (Å²) in [6.45, 7) is 7.06. The Bertz CT molecular complexity index is 232. The van der Waals surface area contributed by atoms with Crippen molar-refractivity contribution < 1.29 is 9.59 Å². The molecule has 0 aromatic heterocycles. The van der Waals surface area contributed by atoms with Crippen molar-refractivity contribution in [2.45, 2.75) is 34.1 Å². The van der Waals surface area contributed by atoms with Crippen LogP contribution < -0.4 is 11.5 Å². The van der Waals surface area contributed by atoms with Crippen molar-refractivity contribution in [2.75, 3.05) is 0 Å². The predicted octanol–water partition coefficient (Wildman–Crippen LogP) is 0.399. The van der Waals surface area contributed by atoms with E-state index in [1.54, 1.807) is 13.8 Å². The quantitative estimate of drug-likeness (QED) is 0.665. The van der Waals surface area contributed by atoms with Gasteiger partial charge in [-0.25, -0.2) is 0 Å². The van der Waals surface area contributed by atoms with Gasteiger partial charge in [-0.2, -0.15) is 0 Å². The van der Waals surface area contributed by atoms with Crippen molar-refractivity contribution in [1.29, 1.82) is 0 Å². The summed E-state index contributed by atoms with van der Waals surface area (Å²) in [6, 6.07) is 0. The first-order chi connectivity index (χ1) is 5.61. The van der Waals surface area contributed by atoms with Gasteiger partial charge in [0.15, 0.2) is 0 Å². The second kappa shape index (κ2) is 3.36. The molecular weight excluding hydrogens is 168 g/mol. The van der Waals surface area contributed by atoms with E-state index >= 15 is 0 Å². The number of hydrogen-bond donors (Lipinski definition) is 2. The van der Waals surface area contributed by atoms with Gasteiger partial charge in [-0.1, -0.05) is 27.7 Å². The molecule has 0 spiro atoms. The van der Waals surface area contributed by atoms with Gasteiger partial charge in [0, 0.05) is 11.8 Å². The van der Waals surface area contributed by atoms with Crippen LogP contribution >= 0.6 is 0 Å². The van der Waals surface area contributed by atoms with Crippen LogP contribution in [0.4, 0.5) is 0 Å². The summed E-state index contributed by atoms with van der Waals surface area (Å²) < 4.78 is 0. The molecule has 0 rings (SSSR count). The number of carbonyl (C=O) groups is 2. The smallest absolute Gasteiger partial charge is 0.223 e. The lowest BCUT2D eigenvalue weighted by Gasteiger charge is -2.38. The first-order valence-corrected chi connectivity index (χ1v) is 4.19. The fourth-order valence-electron chi connectivity index (χ4n) is 0.990. The van der Waals surface area contributed by atoms with Gasteiger partial charge in [-0.15, -0.1) is 0 Å². The van der Waals surface area contributed by atoms with E-state index < -0.39 is 22.6 Å². The summed E-state index contributed by atoms with van der Waals surface area (Å²) in [4.78, 5) is 21.9. The molecular formula is C9H18N2O2. The van der Waals surface area contributed by atoms with Crippen LogP contribution in [0.25, 0.3) is 0 Å². The van der Waals surface area contributed by atoms with Crippen molar-refractivity contribution in [3.05, 3.63) is 0 Å². The van der Waals surface area contributed by atoms with Gasteiger partial charge in [0.1, 0.15) is 0 Å². The van der Waals surface area contributed by atoms with Gasteiger partial charge in [0.2, 0.25) is 11.8 Å². The van der Waals surface area contributed by atoms with Crippen LogP contribution in [0.2, 0.25) is 0 Å². The molecule has 0 aliphatic carbocycles. The number of amides is 2. The highest BCUT2D eigenvalue weighted by Crippen LogP contribution is 2.40. The van der Waals surface area contributed by atoms with Crippen LogP contribution in [-0.2, 0) is 9.59 Å². The van der Waals surface area contributed by atoms with Gasteiger partial charge >= 0.3 is 0 Å². The Balaban J connectivity index is 4.80. The van der Waals surface area contributed by atoms with Gasteiger partial charge in [0.25, 0.3) is 0 Å². The molecule has 0 fully saturated rings. The molecule has 4 N–H and O–H groups in total. The molecule has 4 nitrogen and oxygen atoms in total. The number of carbonyl (C=O) groups excluding carboxylic acids is 2. The number of primary amides is 2. The van der Waals surface area contributed by atoms with Crippen molar-refractivity contribution in [1.82, 2.24) is 0 Å². The van der Waals surface area contributed by atoms with E-state index in [0.29, 0.717) is 0 Å². The van der Waals surface area contributed by atoms with E-state index in [0.717, 1.165) is 0 Å². The van der Waals surface area contributed by atoms with Crippen LogP contribution in [0.1, 0.15) is 34.1 Å².